The third-order valence-electron chi connectivity index (χ3n) is 4.94. The summed E-state index contributed by atoms with van der Waals surface area (Å²) in [4.78, 5) is 30.6. The van der Waals surface area contributed by atoms with Crippen LogP contribution < -0.4 is 5.32 Å². The number of pyridine rings is 1. The van der Waals surface area contributed by atoms with Crippen LogP contribution in [0.25, 0.3) is 0 Å². The molecular formula is C19H24N4O3. The predicted octanol–water partition coefficient (Wildman–Crippen LogP) is 2.50. The third kappa shape index (κ3) is 4.28. The molecule has 2 amide bonds. The maximum absolute atomic E-state index is 12.5. The van der Waals surface area contributed by atoms with Crippen LogP contribution in [0, 0.1) is 19.8 Å². The van der Waals surface area contributed by atoms with Crippen LogP contribution in [0.3, 0.4) is 0 Å². The van der Waals surface area contributed by atoms with Crippen LogP contribution in [-0.4, -0.2) is 39.9 Å². The van der Waals surface area contributed by atoms with Crippen LogP contribution in [0.2, 0.25) is 0 Å². The summed E-state index contributed by atoms with van der Waals surface area (Å²) in [5.41, 5.74) is 2.62. The number of carbonyl (C=O) groups excluding carboxylic acids is 2. The zero-order valence-corrected chi connectivity index (χ0v) is 15.2. The van der Waals surface area contributed by atoms with E-state index < -0.39 is 0 Å². The van der Waals surface area contributed by atoms with Gasteiger partial charge in [0.1, 0.15) is 5.76 Å². The van der Waals surface area contributed by atoms with Crippen LogP contribution in [0.4, 0.5) is 5.69 Å². The van der Waals surface area contributed by atoms with Crippen LogP contribution >= 0.6 is 0 Å². The normalized spacial score (nSPS) is 15.1. The van der Waals surface area contributed by atoms with E-state index in [0.717, 1.165) is 22.7 Å². The topological polar surface area (TPSA) is 88.3 Å². The molecule has 138 valence electrons. The van der Waals surface area contributed by atoms with E-state index in [-0.39, 0.29) is 17.7 Å². The maximum Gasteiger partial charge on any atom is 0.227 e. The second-order valence-corrected chi connectivity index (χ2v) is 6.68. The molecular weight excluding hydrogens is 332 g/mol. The standard InChI is InChI=1S/C19H24N4O3/c1-13-17(14(2)26-22-13)3-4-18(24)23-11-7-15(8-12-23)19(25)21-16-5-9-20-10-6-16/h5-6,9-10,15H,3-4,7-8,11-12H2,1-2H3,(H,20,21,25). The minimum Gasteiger partial charge on any atom is -0.361 e. The molecule has 2 aromatic rings. The molecule has 0 aromatic carbocycles. The number of amides is 2. The lowest BCUT2D eigenvalue weighted by Gasteiger charge is -2.31. The average molecular weight is 356 g/mol. The number of nitrogens with one attached hydrogen (secondary N) is 1. The molecule has 1 saturated heterocycles. The fourth-order valence-corrected chi connectivity index (χ4v) is 3.32. The summed E-state index contributed by atoms with van der Waals surface area (Å²) in [5, 5.41) is 6.83. The van der Waals surface area contributed by atoms with Crippen LogP contribution in [0.15, 0.2) is 29.0 Å². The van der Waals surface area contributed by atoms with Crippen molar-refractivity contribution in [2.24, 2.45) is 5.92 Å². The van der Waals surface area contributed by atoms with Crippen LogP contribution in [0.1, 0.15) is 36.3 Å². The van der Waals surface area contributed by atoms with E-state index in [1.54, 1.807) is 24.5 Å². The van der Waals surface area contributed by atoms with E-state index in [4.69, 9.17) is 4.52 Å². The third-order valence-corrected chi connectivity index (χ3v) is 4.94. The molecule has 7 nitrogen and oxygen atoms in total. The Morgan fingerprint density at radius 2 is 1.92 bits per heavy atom. The van der Waals surface area contributed by atoms with Crippen molar-refractivity contribution in [2.75, 3.05) is 18.4 Å². The first kappa shape index (κ1) is 18.1. The summed E-state index contributed by atoms with van der Waals surface area (Å²) < 4.78 is 5.14. The molecule has 2 aromatic heterocycles. The molecule has 3 heterocycles. The van der Waals surface area contributed by atoms with Gasteiger partial charge in [0.15, 0.2) is 0 Å². The molecule has 0 aliphatic carbocycles. The first-order valence-electron chi connectivity index (χ1n) is 8.95. The van der Waals surface area contributed by atoms with Crippen LogP contribution in [0.5, 0.6) is 0 Å². The average Bonchev–Trinajstić information content (AvgIpc) is 2.98. The molecule has 1 aliphatic rings. The number of aryl methyl sites for hydroxylation is 2. The van der Waals surface area contributed by atoms with Crippen molar-refractivity contribution in [3.63, 3.8) is 0 Å². The molecule has 26 heavy (non-hydrogen) atoms. The fraction of sp³-hybridized carbons (Fsp3) is 0.474. The predicted molar refractivity (Wildman–Crippen MR) is 96.5 cm³/mol. The first-order chi connectivity index (χ1) is 12.5. The second-order valence-electron chi connectivity index (χ2n) is 6.68. The Balaban J connectivity index is 1.45. The molecule has 0 saturated carbocycles. The monoisotopic (exact) mass is 356 g/mol. The summed E-state index contributed by atoms with van der Waals surface area (Å²) in [6, 6.07) is 3.54. The van der Waals surface area contributed by atoms with Gasteiger partial charge in [-0.1, -0.05) is 5.16 Å². The van der Waals surface area contributed by atoms with E-state index in [9.17, 15) is 9.59 Å². The van der Waals surface area contributed by atoms with Crippen molar-refractivity contribution < 1.29 is 14.1 Å². The number of carbonyl (C=O) groups is 2. The van der Waals surface area contributed by atoms with Gasteiger partial charge in [-0.2, -0.15) is 0 Å². The lowest BCUT2D eigenvalue weighted by molar-refractivity contribution is -0.134. The largest absolute Gasteiger partial charge is 0.361 e. The van der Waals surface area contributed by atoms with Crippen molar-refractivity contribution >= 4 is 17.5 Å². The van der Waals surface area contributed by atoms with Gasteiger partial charge in [0.25, 0.3) is 0 Å². The van der Waals surface area contributed by atoms with Crippen molar-refractivity contribution in [2.45, 2.75) is 39.5 Å². The smallest absolute Gasteiger partial charge is 0.227 e. The van der Waals surface area contributed by atoms with Crippen molar-refractivity contribution in [3.8, 4) is 0 Å². The molecule has 1 fully saturated rings. The summed E-state index contributed by atoms with van der Waals surface area (Å²) in [5.74, 6) is 0.855. The van der Waals surface area contributed by atoms with Gasteiger partial charge in [-0.05, 0) is 45.2 Å². The lowest BCUT2D eigenvalue weighted by atomic mass is 9.95. The molecule has 7 heteroatoms. The maximum atomic E-state index is 12.5. The van der Waals surface area contributed by atoms with Gasteiger partial charge in [0, 0.05) is 49.1 Å². The van der Waals surface area contributed by atoms with Gasteiger partial charge in [0.05, 0.1) is 5.69 Å². The number of rotatable bonds is 5. The Kier molecular flexibility index (Phi) is 5.65. The minimum absolute atomic E-state index is 0.0130. The van der Waals surface area contributed by atoms with E-state index in [0.29, 0.717) is 38.8 Å². The van der Waals surface area contributed by atoms with Gasteiger partial charge in [0.2, 0.25) is 11.8 Å². The molecule has 1 aliphatic heterocycles. The Hall–Kier alpha value is -2.70. The summed E-state index contributed by atoms with van der Waals surface area (Å²) in [6.07, 6.45) is 5.76. The Morgan fingerprint density at radius 3 is 2.54 bits per heavy atom. The van der Waals surface area contributed by atoms with Crippen molar-refractivity contribution in [1.82, 2.24) is 15.0 Å². The quantitative estimate of drug-likeness (QED) is 0.889. The highest BCUT2D eigenvalue weighted by Gasteiger charge is 2.27. The van der Waals surface area contributed by atoms with Gasteiger partial charge >= 0.3 is 0 Å². The molecule has 0 spiro atoms. The highest BCUT2D eigenvalue weighted by Crippen LogP contribution is 2.21. The fourth-order valence-electron chi connectivity index (χ4n) is 3.32. The zero-order valence-electron chi connectivity index (χ0n) is 15.2. The minimum atomic E-state index is -0.0604. The van der Waals surface area contributed by atoms with Crippen molar-refractivity contribution in [1.29, 1.82) is 0 Å². The van der Waals surface area contributed by atoms with Gasteiger partial charge in [-0.15, -0.1) is 0 Å². The van der Waals surface area contributed by atoms with E-state index >= 15 is 0 Å². The van der Waals surface area contributed by atoms with E-state index in [1.165, 1.54) is 0 Å². The summed E-state index contributed by atoms with van der Waals surface area (Å²) >= 11 is 0. The number of likely N-dealkylation sites (tertiary alicyclic amines) is 1. The number of hydrogen-bond acceptors (Lipinski definition) is 5. The van der Waals surface area contributed by atoms with Crippen molar-refractivity contribution in [3.05, 3.63) is 41.5 Å². The van der Waals surface area contributed by atoms with Gasteiger partial charge in [-0.3, -0.25) is 14.6 Å². The number of piperidine rings is 1. The zero-order chi connectivity index (χ0) is 18.5. The molecule has 0 atom stereocenters. The summed E-state index contributed by atoms with van der Waals surface area (Å²) in [6.45, 7) is 5.00. The van der Waals surface area contributed by atoms with E-state index in [1.807, 2.05) is 18.7 Å². The molecule has 0 bridgehead atoms. The molecule has 3 rings (SSSR count). The number of nitrogens with zero attached hydrogens (tertiary/aromatic N) is 3. The number of hydrogen-bond donors (Lipinski definition) is 1. The van der Waals surface area contributed by atoms with Crippen LogP contribution in [-0.2, 0) is 16.0 Å². The number of aromatic nitrogens is 2. The highest BCUT2D eigenvalue weighted by atomic mass is 16.5. The second kappa shape index (κ2) is 8.12. The number of anilines is 1. The van der Waals surface area contributed by atoms with E-state index in [2.05, 4.69) is 15.5 Å². The highest BCUT2D eigenvalue weighted by molar-refractivity contribution is 5.92. The molecule has 1 N–H and O–H groups in total. The van der Waals surface area contributed by atoms with Gasteiger partial charge < -0.3 is 14.7 Å². The Bertz CT molecular complexity index is 745. The molecule has 0 radical (unpaired) electrons. The SMILES string of the molecule is Cc1noc(C)c1CCC(=O)N1CCC(C(=O)Nc2ccncc2)CC1. The summed E-state index contributed by atoms with van der Waals surface area (Å²) in [7, 11) is 0. The lowest BCUT2D eigenvalue weighted by Crippen LogP contribution is -2.41. The Labute approximate surface area is 152 Å². The van der Waals surface area contributed by atoms with Gasteiger partial charge in [-0.25, -0.2) is 0 Å². The Morgan fingerprint density at radius 1 is 1.23 bits per heavy atom. The molecule has 0 unspecified atom stereocenters. The first-order valence-corrected chi connectivity index (χ1v) is 8.95.